The number of ether oxygens (including phenoxy) is 1. The third-order valence-electron chi connectivity index (χ3n) is 2.82. The van der Waals surface area contributed by atoms with Gasteiger partial charge in [0.25, 0.3) is 5.91 Å². The van der Waals surface area contributed by atoms with Crippen molar-refractivity contribution in [2.75, 3.05) is 12.4 Å². The maximum Gasteiger partial charge on any atom is 0.340 e. The lowest BCUT2D eigenvalue weighted by molar-refractivity contribution is -0.385. The fourth-order valence-electron chi connectivity index (χ4n) is 1.85. The van der Waals surface area contributed by atoms with Crippen LogP contribution in [-0.2, 0) is 11.8 Å². The van der Waals surface area contributed by atoms with Crippen molar-refractivity contribution in [3.05, 3.63) is 38.5 Å². The summed E-state index contributed by atoms with van der Waals surface area (Å²) in [6, 6.07) is 1.57. The van der Waals surface area contributed by atoms with Crippen LogP contribution < -0.4 is 5.32 Å². The lowest BCUT2D eigenvalue weighted by Crippen LogP contribution is -2.18. The van der Waals surface area contributed by atoms with Gasteiger partial charge in [0.15, 0.2) is 0 Å². The van der Waals surface area contributed by atoms with Gasteiger partial charge in [-0.15, -0.1) is 11.3 Å². The number of nitrogens with one attached hydrogen (secondary N) is 1. The molecule has 2 aromatic rings. The second kappa shape index (κ2) is 5.93. The van der Waals surface area contributed by atoms with Crippen LogP contribution >= 0.6 is 11.3 Å². The fourth-order valence-corrected chi connectivity index (χ4v) is 2.75. The Labute approximate surface area is 128 Å². The first-order chi connectivity index (χ1) is 10.3. The topological polar surface area (TPSA) is 116 Å². The lowest BCUT2D eigenvalue weighted by Gasteiger charge is -2.05. The molecule has 9 nitrogen and oxygen atoms in total. The molecule has 1 N–H and O–H groups in total. The van der Waals surface area contributed by atoms with Gasteiger partial charge in [0.05, 0.1) is 17.6 Å². The number of nitro groups is 1. The van der Waals surface area contributed by atoms with E-state index in [1.807, 2.05) is 0 Å². The van der Waals surface area contributed by atoms with Crippen molar-refractivity contribution in [1.82, 2.24) is 9.78 Å². The van der Waals surface area contributed by atoms with E-state index in [0.717, 1.165) is 15.8 Å². The molecule has 0 bridgehead atoms. The van der Waals surface area contributed by atoms with Crippen molar-refractivity contribution < 1.29 is 19.2 Å². The molecule has 0 aliphatic carbocycles. The van der Waals surface area contributed by atoms with E-state index in [-0.39, 0.29) is 16.3 Å². The summed E-state index contributed by atoms with van der Waals surface area (Å²) in [7, 11) is 2.65. The molecule has 22 heavy (non-hydrogen) atoms. The van der Waals surface area contributed by atoms with E-state index in [0.29, 0.717) is 0 Å². The molecule has 0 fully saturated rings. The summed E-state index contributed by atoms with van der Waals surface area (Å²) in [6.07, 6.45) is 0.996. The van der Waals surface area contributed by atoms with Crippen molar-refractivity contribution in [2.24, 2.45) is 7.05 Å². The van der Waals surface area contributed by atoms with Gasteiger partial charge in [-0.25, -0.2) is 4.79 Å². The summed E-state index contributed by atoms with van der Waals surface area (Å²) in [5.41, 5.74) is -0.414. The molecule has 0 aliphatic heterocycles. The molecule has 2 rings (SSSR count). The molecule has 0 saturated carbocycles. The van der Waals surface area contributed by atoms with Crippen LogP contribution in [0.1, 0.15) is 25.7 Å². The van der Waals surface area contributed by atoms with Crippen LogP contribution in [0.4, 0.5) is 10.7 Å². The standard InChI is InChI=1S/C12H12N4O5S/c1-6-4-7(12(18)21-3)11(22-6)14-10(17)9-8(16(19)20)5-13-15(9)2/h4-5H,1-3H3,(H,14,17). The number of anilines is 1. The average molecular weight is 324 g/mol. The average Bonchev–Trinajstić information content (AvgIpc) is 3.01. The number of aryl methyl sites for hydroxylation is 2. The molecule has 0 radical (unpaired) electrons. The van der Waals surface area contributed by atoms with Gasteiger partial charge in [-0.3, -0.25) is 19.6 Å². The number of hydrogen-bond acceptors (Lipinski definition) is 7. The molecule has 0 atom stereocenters. The van der Waals surface area contributed by atoms with Crippen molar-refractivity contribution >= 4 is 33.9 Å². The third-order valence-corrected chi connectivity index (χ3v) is 3.78. The van der Waals surface area contributed by atoms with Crippen LogP contribution in [0.15, 0.2) is 12.3 Å². The summed E-state index contributed by atoms with van der Waals surface area (Å²) in [5.74, 6) is -1.32. The monoisotopic (exact) mass is 324 g/mol. The molecule has 0 saturated heterocycles. The van der Waals surface area contributed by atoms with E-state index in [4.69, 9.17) is 0 Å². The number of thiophene rings is 1. The third kappa shape index (κ3) is 2.81. The molecular weight excluding hydrogens is 312 g/mol. The van der Waals surface area contributed by atoms with Crippen LogP contribution in [0.5, 0.6) is 0 Å². The number of methoxy groups -OCH3 is 1. The second-order valence-corrected chi connectivity index (χ2v) is 5.56. The predicted octanol–water partition coefficient (Wildman–Crippen LogP) is 1.74. The number of carbonyl (C=O) groups is 2. The summed E-state index contributed by atoms with van der Waals surface area (Å²) < 4.78 is 5.74. The number of nitrogens with zero attached hydrogens (tertiary/aromatic N) is 3. The highest BCUT2D eigenvalue weighted by molar-refractivity contribution is 7.16. The van der Waals surface area contributed by atoms with Gasteiger partial charge in [0, 0.05) is 11.9 Å². The summed E-state index contributed by atoms with van der Waals surface area (Å²) in [6.45, 7) is 1.76. The first-order valence-electron chi connectivity index (χ1n) is 6.01. The minimum atomic E-state index is -0.723. The van der Waals surface area contributed by atoms with Gasteiger partial charge in [0.2, 0.25) is 5.69 Å². The van der Waals surface area contributed by atoms with Crippen molar-refractivity contribution in [3.63, 3.8) is 0 Å². The lowest BCUT2D eigenvalue weighted by atomic mass is 10.3. The minimum absolute atomic E-state index is 0.197. The molecule has 10 heteroatoms. The Kier molecular flexibility index (Phi) is 4.22. The number of rotatable bonds is 4. The Morgan fingerprint density at radius 2 is 2.18 bits per heavy atom. The van der Waals surface area contributed by atoms with Gasteiger partial charge < -0.3 is 10.1 Å². The van der Waals surface area contributed by atoms with E-state index in [1.165, 1.54) is 25.5 Å². The number of hydrogen-bond donors (Lipinski definition) is 1. The molecule has 1 amide bonds. The van der Waals surface area contributed by atoms with E-state index in [9.17, 15) is 19.7 Å². The smallest absolute Gasteiger partial charge is 0.340 e. The molecule has 2 aromatic heterocycles. The first-order valence-corrected chi connectivity index (χ1v) is 6.83. The zero-order valence-electron chi connectivity index (χ0n) is 11.9. The van der Waals surface area contributed by atoms with E-state index >= 15 is 0 Å². The second-order valence-electron chi connectivity index (χ2n) is 4.30. The quantitative estimate of drug-likeness (QED) is 0.520. The van der Waals surface area contributed by atoms with Gasteiger partial charge in [0.1, 0.15) is 11.2 Å². The Balaban J connectivity index is 2.36. The van der Waals surface area contributed by atoms with E-state index in [1.54, 1.807) is 13.0 Å². The van der Waals surface area contributed by atoms with Gasteiger partial charge in [-0.05, 0) is 13.0 Å². The molecule has 0 aromatic carbocycles. The van der Waals surface area contributed by atoms with Crippen LogP contribution in [0.2, 0.25) is 0 Å². The van der Waals surface area contributed by atoms with Crippen molar-refractivity contribution in [2.45, 2.75) is 6.92 Å². The molecule has 0 spiro atoms. The van der Waals surface area contributed by atoms with Crippen LogP contribution in [0.3, 0.4) is 0 Å². The highest BCUT2D eigenvalue weighted by Crippen LogP contribution is 2.29. The number of amides is 1. The summed E-state index contributed by atoms with van der Waals surface area (Å²) >= 11 is 1.17. The van der Waals surface area contributed by atoms with E-state index < -0.39 is 22.5 Å². The van der Waals surface area contributed by atoms with Crippen molar-refractivity contribution in [1.29, 1.82) is 0 Å². The molecule has 2 heterocycles. The SMILES string of the molecule is COC(=O)c1cc(C)sc1NC(=O)c1c([N+](=O)[O-])cnn1C. The Morgan fingerprint density at radius 1 is 1.50 bits per heavy atom. The largest absolute Gasteiger partial charge is 0.465 e. The Morgan fingerprint density at radius 3 is 2.77 bits per heavy atom. The highest BCUT2D eigenvalue weighted by Gasteiger charge is 2.27. The zero-order chi connectivity index (χ0) is 16.4. The maximum atomic E-state index is 12.3. The van der Waals surface area contributed by atoms with Crippen LogP contribution in [-0.4, -0.2) is 33.7 Å². The first kappa shape index (κ1) is 15.6. The summed E-state index contributed by atoms with van der Waals surface area (Å²) in [4.78, 5) is 35.0. The van der Waals surface area contributed by atoms with Crippen molar-refractivity contribution in [3.8, 4) is 0 Å². The number of esters is 1. The Bertz CT molecular complexity index is 764. The van der Waals surface area contributed by atoms with Crippen LogP contribution in [0, 0.1) is 17.0 Å². The van der Waals surface area contributed by atoms with Crippen LogP contribution in [0.25, 0.3) is 0 Å². The number of aromatic nitrogens is 2. The number of carbonyl (C=O) groups excluding carboxylic acids is 2. The van der Waals surface area contributed by atoms with Gasteiger partial charge >= 0.3 is 11.7 Å². The zero-order valence-corrected chi connectivity index (χ0v) is 12.8. The van der Waals surface area contributed by atoms with Gasteiger partial charge in [-0.2, -0.15) is 5.10 Å². The highest BCUT2D eigenvalue weighted by atomic mass is 32.1. The minimum Gasteiger partial charge on any atom is -0.465 e. The fraction of sp³-hybridized carbons (Fsp3) is 0.250. The predicted molar refractivity (Wildman–Crippen MR) is 78.2 cm³/mol. The molecular formula is C12H12N4O5S. The summed E-state index contributed by atoms with van der Waals surface area (Å²) in [5, 5.41) is 17.4. The molecule has 0 unspecified atom stereocenters. The maximum absolute atomic E-state index is 12.3. The Hall–Kier alpha value is -2.75. The normalized spacial score (nSPS) is 10.3. The molecule has 116 valence electrons. The van der Waals surface area contributed by atoms with Gasteiger partial charge in [-0.1, -0.05) is 0 Å². The molecule has 0 aliphatic rings. The van der Waals surface area contributed by atoms with E-state index in [2.05, 4.69) is 15.2 Å².